The number of aromatic nitrogens is 3. The van der Waals surface area contributed by atoms with Gasteiger partial charge in [-0.15, -0.1) is 0 Å². The van der Waals surface area contributed by atoms with Gasteiger partial charge in [0.15, 0.2) is 5.16 Å². The van der Waals surface area contributed by atoms with E-state index in [4.69, 9.17) is 0 Å². The molecule has 2 aromatic carbocycles. The van der Waals surface area contributed by atoms with Gasteiger partial charge in [-0.2, -0.15) is 0 Å². The molecule has 1 atom stereocenters. The molecule has 0 aliphatic carbocycles. The maximum absolute atomic E-state index is 13.3. The number of benzene rings is 2. The largest absolute Gasteiger partial charge is 0.349 e. The molecule has 0 fully saturated rings. The molecule has 0 saturated carbocycles. The van der Waals surface area contributed by atoms with Gasteiger partial charge < -0.3 is 5.32 Å². The lowest BCUT2D eigenvalue weighted by Gasteiger charge is -2.16. The molecule has 1 N–H and O–H groups in total. The van der Waals surface area contributed by atoms with Crippen molar-refractivity contribution in [1.82, 2.24) is 19.9 Å². The highest BCUT2D eigenvalue weighted by Crippen LogP contribution is 2.21. The van der Waals surface area contributed by atoms with Crippen molar-refractivity contribution in [2.75, 3.05) is 5.75 Å². The van der Waals surface area contributed by atoms with Crippen molar-refractivity contribution in [2.24, 2.45) is 0 Å². The lowest BCUT2D eigenvalue weighted by Crippen LogP contribution is -2.29. The number of amides is 1. The predicted molar refractivity (Wildman–Crippen MR) is 133 cm³/mol. The smallest absolute Gasteiger partial charge is 0.267 e. The number of hydrogen-bond donors (Lipinski definition) is 1. The molecular formula is C26H26N4O2S. The van der Waals surface area contributed by atoms with Crippen LogP contribution in [0.3, 0.4) is 0 Å². The van der Waals surface area contributed by atoms with Gasteiger partial charge in [-0.05, 0) is 55.2 Å². The van der Waals surface area contributed by atoms with Gasteiger partial charge in [0.25, 0.3) is 5.56 Å². The third-order valence-corrected chi connectivity index (χ3v) is 6.41. The Balaban J connectivity index is 1.57. The van der Waals surface area contributed by atoms with Gasteiger partial charge in [0.05, 0.1) is 22.7 Å². The zero-order valence-corrected chi connectivity index (χ0v) is 19.7. The molecule has 1 unspecified atom stereocenters. The molecular weight excluding hydrogens is 432 g/mol. The average Bonchev–Trinajstić information content (AvgIpc) is 2.83. The number of fused-ring (bicyclic) bond motifs is 1. The van der Waals surface area contributed by atoms with E-state index in [1.165, 1.54) is 21.9 Å². The zero-order valence-electron chi connectivity index (χ0n) is 18.9. The Labute approximate surface area is 197 Å². The molecule has 2 aromatic heterocycles. The van der Waals surface area contributed by atoms with Crippen LogP contribution in [0.2, 0.25) is 0 Å². The lowest BCUT2D eigenvalue weighted by atomic mass is 10.1. The second-order valence-electron chi connectivity index (χ2n) is 7.92. The first-order chi connectivity index (χ1) is 16.0. The fraction of sp³-hybridized carbons (Fsp3) is 0.231. The third-order valence-electron chi connectivity index (χ3n) is 5.47. The van der Waals surface area contributed by atoms with Crippen molar-refractivity contribution >= 4 is 28.6 Å². The molecule has 2 heterocycles. The van der Waals surface area contributed by atoms with Crippen LogP contribution >= 0.6 is 11.8 Å². The lowest BCUT2D eigenvalue weighted by molar-refractivity contribution is -0.119. The van der Waals surface area contributed by atoms with E-state index < -0.39 is 0 Å². The summed E-state index contributed by atoms with van der Waals surface area (Å²) in [4.78, 5) is 35.0. The number of carbonyl (C=O) groups excluding carboxylic acids is 1. The van der Waals surface area contributed by atoms with Crippen LogP contribution in [0.1, 0.15) is 36.6 Å². The van der Waals surface area contributed by atoms with E-state index in [1.807, 2.05) is 44.2 Å². The summed E-state index contributed by atoms with van der Waals surface area (Å²) in [7, 11) is 0. The van der Waals surface area contributed by atoms with E-state index in [0.29, 0.717) is 21.9 Å². The van der Waals surface area contributed by atoms with Crippen molar-refractivity contribution in [3.05, 3.63) is 93.9 Å². The maximum Gasteiger partial charge on any atom is 0.267 e. The number of para-hydroxylation sites is 1. The molecule has 0 aliphatic heterocycles. The molecule has 6 nitrogen and oxygen atoms in total. The van der Waals surface area contributed by atoms with Gasteiger partial charge >= 0.3 is 0 Å². The Morgan fingerprint density at radius 1 is 1.09 bits per heavy atom. The maximum atomic E-state index is 13.3. The van der Waals surface area contributed by atoms with Gasteiger partial charge in [0, 0.05) is 6.20 Å². The normalized spacial score (nSPS) is 12.0. The van der Waals surface area contributed by atoms with E-state index >= 15 is 0 Å². The number of pyridine rings is 1. The Morgan fingerprint density at radius 3 is 2.55 bits per heavy atom. The summed E-state index contributed by atoms with van der Waals surface area (Å²) >= 11 is 1.23. The quantitative estimate of drug-likeness (QED) is 0.323. The predicted octanol–water partition coefficient (Wildman–Crippen LogP) is 4.62. The molecule has 0 spiro atoms. The van der Waals surface area contributed by atoms with E-state index in [2.05, 4.69) is 34.3 Å². The molecule has 0 bridgehead atoms. The second kappa shape index (κ2) is 10.0. The van der Waals surface area contributed by atoms with Crippen molar-refractivity contribution in [3.8, 4) is 5.82 Å². The average molecular weight is 459 g/mol. The van der Waals surface area contributed by atoms with Crippen LogP contribution in [0.25, 0.3) is 16.7 Å². The number of hydrogen-bond acceptors (Lipinski definition) is 5. The number of nitrogens with one attached hydrogen (secondary N) is 1. The minimum atomic E-state index is -0.204. The van der Waals surface area contributed by atoms with Crippen LogP contribution in [0.4, 0.5) is 0 Å². The number of thioether (sulfide) groups is 1. The van der Waals surface area contributed by atoms with Crippen LogP contribution < -0.4 is 10.9 Å². The molecule has 4 rings (SSSR count). The molecule has 0 saturated heterocycles. The fourth-order valence-corrected chi connectivity index (χ4v) is 4.35. The van der Waals surface area contributed by atoms with Crippen LogP contribution in [-0.2, 0) is 11.2 Å². The summed E-state index contributed by atoms with van der Waals surface area (Å²) in [5.41, 5.74) is 3.70. The SMILES string of the molecule is CCc1ccc(C(C)NC(=O)CSc2nc3ccccc3c(=O)n2-c2ccc(C)cn2)cc1. The Kier molecular flexibility index (Phi) is 6.89. The first kappa shape index (κ1) is 22.7. The Morgan fingerprint density at radius 2 is 1.85 bits per heavy atom. The van der Waals surface area contributed by atoms with Gasteiger partial charge in [0.2, 0.25) is 5.91 Å². The van der Waals surface area contributed by atoms with Gasteiger partial charge in [-0.3, -0.25) is 9.59 Å². The van der Waals surface area contributed by atoms with Crippen molar-refractivity contribution in [3.63, 3.8) is 0 Å². The van der Waals surface area contributed by atoms with E-state index in [-0.39, 0.29) is 23.3 Å². The molecule has 0 radical (unpaired) electrons. The van der Waals surface area contributed by atoms with Crippen molar-refractivity contribution in [2.45, 2.75) is 38.4 Å². The molecule has 33 heavy (non-hydrogen) atoms. The standard InChI is InChI=1S/C26H26N4O2S/c1-4-19-10-12-20(13-11-19)18(3)28-24(31)16-33-26-29-22-8-6-5-7-21(22)25(32)30(26)23-14-9-17(2)15-27-23/h5-15,18H,4,16H2,1-3H3,(H,28,31). The number of rotatable bonds is 7. The summed E-state index contributed by atoms with van der Waals surface area (Å²) in [5.74, 6) is 0.489. The van der Waals surface area contributed by atoms with Crippen LogP contribution in [0.5, 0.6) is 0 Å². The summed E-state index contributed by atoms with van der Waals surface area (Å²) in [5, 5.41) is 3.98. The van der Waals surface area contributed by atoms with Gasteiger partial charge in [0.1, 0.15) is 5.82 Å². The third kappa shape index (κ3) is 5.14. The molecule has 4 aromatic rings. The van der Waals surface area contributed by atoms with Crippen LogP contribution in [-0.4, -0.2) is 26.2 Å². The summed E-state index contributed by atoms with van der Waals surface area (Å²) in [6, 6.07) is 19.0. The Bertz CT molecular complexity index is 1330. The highest BCUT2D eigenvalue weighted by Gasteiger charge is 2.16. The fourth-order valence-electron chi connectivity index (χ4n) is 3.54. The minimum Gasteiger partial charge on any atom is -0.349 e. The van der Waals surface area contributed by atoms with E-state index in [1.54, 1.807) is 24.4 Å². The van der Waals surface area contributed by atoms with E-state index in [9.17, 15) is 9.59 Å². The molecule has 7 heteroatoms. The van der Waals surface area contributed by atoms with Gasteiger partial charge in [-0.25, -0.2) is 14.5 Å². The monoisotopic (exact) mass is 458 g/mol. The summed E-state index contributed by atoms with van der Waals surface area (Å²) < 4.78 is 1.48. The van der Waals surface area contributed by atoms with E-state index in [0.717, 1.165) is 17.5 Å². The second-order valence-corrected chi connectivity index (χ2v) is 8.86. The number of carbonyl (C=O) groups is 1. The summed E-state index contributed by atoms with van der Waals surface area (Å²) in [6.07, 6.45) is 2.69. The zero-order chi connectivity index (χ0) is 23.4. The van der Waals surface area contributed by atoms with Crippen LogP contribution in [0.15, 0.2) is 76.8 Å². The number of aryl methyl sites for hydroxylation is 2. The topological polar surface area (TPSA) is 76.9 Å². The van der Waals surface area contributed by atoms with Gasteiger partial charge in [-0.1, -0.05) is 61.2 Å². The first-order valence-electron chi connectivity index (χ1n) is 10.9. The van der Waals surface area contributed by atoms with Crippen molar-refractivity contribution < 1.29 is 4.79 Å². The van der Waals surface area contributed by atoms with Crippen LogP contribution in [0, 0.1) is 6.92 Å². The molecule has 168 valence electrons. The van der Waals surface area contributed by atoms with Crippen molar-refractivity contribution in [1.29, 1.82) is 0 Å². The first-order valence-corrected chi connectivity index (χ1v) is 11.9. The highest BCUT2D eigenvalue weighted by atomic mass is 32.2. The number of nitrogens with zero attached hydrogens (tertiary/aromatic N) is 3. The molecule has 0 aliphatic rings. The Hall–Kier alpha value is -3.45. The minimum absolute atomic E-state index is 0.116. The molecule has 1 amide bonds. The summed E-state index contributed by atoms with van der Waals surface area (Å²) in [6.45, 7) is 6.02. The highest BCUT2D eigenvalue weighted by molar-refractivity contribution is 7.99.